The fourth-order valence-electron chi connectivity index (χ4n) is 2.55. The molecule has 1 aromatic carbocycles. The number of carbonyl (C=O) groups is 1. The smallest absolute Gasteiger partial charge is 0.238 e. The van der Waals surface area contributed by atoms with Crippen molar-refractivity contribution in [1.82, 2.24) is 10.2 Å². The van der Waals surface area contributed by atoms with Crippen LogP contribution in [-0.4, -0.2) is 43.0 Å². The van der Waals surface area contributed by atoms with E-state index in [9.17, 15) is 9.18 Å². The van der Waals surface area contributed by atoms with Crippen LogP contribution in [0.25, 0.3) is 0 Å². The minimum atomic E-state index is -0.335. The summed E-state index contributed by atoms with van der Waals surface area (Å²) in [5.41, 5.74) is 1.42. The third kappa shape index (κ3) is 3.77. The molecule has 1 unspecified atom stereocenters. The summed E-state index contributed by atoms with van der Waals surface area (Å²) in [6.07, 6.45) is 1.07. The Bertz CT molecular complexity index is 472. The van der Waals surface area contributed by atoms with Gasteiger partial charge in [0.15, 0.2) is 0 Å². The van der Waals surface area contributed by atoms with Crippen LogP contribution in [0.2, 0.25) is 0 Å². The highest BCUT2D eigenvalue weighted by Crippen LogP contribution is 2.16. The lowest BCUT2D eigenvalue weighted by Gasteiger charge is -2.26. The van der Waals surface area contributed by atoms with Gasteiger partial charge in [-0.3, -0.25) is 9.69 Å². The van der Waals surface area contributed by atoms with Crippen LogP contribution in [0.15, 0.2) is 18.2 Å². The minimum Gasteiger partial charge on any atom is -0.325 e. The number of hydrogen-bond acceptors (Lipinski definition) is 3. The maximum absolute atomic E-state index is 13.2. The van der Waals surface area contributed by atoms with Gasteiger partial charge in [-0.05, 0) is 44.1 Å². The molecule has 1 fully saturated rings. The van der Waals surface area contributed by atoms with E-state index in [1.165, 1.54) is 12.1 Å². The summed E-state index contributed by atoms with van der Waals surface area (Å²) >= 11 is 0. The summed E-state index contributed by atoms with van der Waals surface area (Å²) in [4.78, 5) is 14.3. The predicted octanol–water partition coefficient (Wildman–Crippen LogP) is 1.76. The summed E-state index contributed by atoms with van der Waals surface area (Å²) in [6.45, 7) is 7.03. The molecule has 20 heavy (non-hydrogen) atoms. The van der Waals surface area contributed by atoms with Crippen molar-refractivity contribution in [2.45, 2.75) is 26.3 Å². The van der Waals surface area contributed by atoms with Gasteiger partial charge in [0, 0.05) is 18.3 Å². The van der Waals surface area contributed by atoms with E-state index in [0.29, 0.717) is 18.3 Å². The minimum absolute atomic E-state index is 0.0903. The summed E-state index contributed by atoms with van der Waals surface area (Å²) in [5.74, 6) is -0.425. The highest BCUT2D eigenvalue weighted by Gasteiger charge is 2.22. The SMILES string of the molecule is CCN(CC(=O)Nc1cc(F)ccc1C)C1CCNC1. The Balaban J connectivity index is 1.95. The number of rotatable bonds is 5. The zero-order valence-electron chi connectivity index (χ0n) is 12.1. The average molecular weight is 279 g/mol. The van der Waals surface area contributed by atoms with Gasteiger partial charge in [0.25, 0.3) is 0 Å². The molecule has 1 amide bonds. The van der Waals surface area contributed by atoms with Crippen molar-refractivity contribution in [3.63, 3.8) is 0 Å². The predicted molar refractivity (Wildman–Crippen MR) is 78.3 cm³/mol. The largest absolute Gasteiger partial charge is 0.325 e. The van der Waals surface area contributed by atoms with E-state index in [1.54, 1.807) is 6.07 Å². The molecule has 5 heteroatoms. The number of nitrogens with zero attached hydrogens (tertiary/aromatic N) is 1. The first kappa shape index (κ1) is 14.9. The Morgan fingerprint density at radius 1 is 1.55 bits per heavy atom. The van der Waals surface area contributed by atoms with Gasteiger partial charge in [-0.1, -0.05) is 13.0 Å². The number of likely N-dealkylation sites (N-methyl/N-ethyl adjacent to an activating group) is 1. The molecule has 110 valence electrons. The number of anilines is 1. The molecule has 1 heterocycles. The Kier molecular flexibility index (Phi) is 5.09. The van der Waals surface area contributed by atoms with Crippen LogP contribution >= 0.6 is 0 Å². The Hall–Kier alpha value is -1.46. The van der Waals surface area contributed by atoms with Crippen LogP contribution in [0.4, 0.5) is 10.1 Å². The van der Waals surface area contributed by atoms with Crippen LogP contribution in [-0.2, 0) is 4.79 Å². The second-order valence-electron chi connectivity index (χ2n) is 5.22. The lowest BCUT2D eigenvalue weighted by atomic mass is 10.2. The Morgan fingerprint density at radius 2 is 2.35 bits per heavy atom. The van der Waals surface area contributed by atoms with Gasteiger partial charge in [-0.15, -0.1) is 0 Å². The first-order chi connectivity index (χ1) is 9.60. The second-order valence-corrected chi connectivity index (χ2v) is 5.22. The van der Waals surface area contributed by atoms with Crippen LogP contribution in [0.3, 0.4) is 0 Å². The zero-order valence-corrected chi connectivity index (χ0v) is 12.1. The number of halogens is 1. The lowest BCUT2D eigenvalue weighted by molar-refractivity contribution is -0.117. The molecule has 1 atom stereocenters. The van der Waals surface area contributed by atoms with Gasteiger partial charge < -0.3 is 10.6 Å². The summed E-state index contributed by atoms with van der Waals surface area (Å²) < 4.78 is 13.2. The van der Waals surface area contributed by atoms with Crippen molar-refractivity contribution in [2.24, 2.45) is 0 Å². The molecule has 1 saturated heterocycles. The van der Waals surface area contributed by atoms with Gasteiger partial charge in [0.05, 0.1) is 6.54 Å². The van der Waals surface area contributed by atoms with Crippen molar-refractivity contribution in [2.75, 3.05) is 31.5 Å². The van der Waals surface area contributed by atoms with Gasteiger partial charge in [-0.2, -0.15) is 0 Å². The van der Waals surface area contributed by atoms with E-state index in [0.717, 1.165) is 31.6 Å². The monoisotopic (exact) mass is 279 g/mol. The van der Waals surface area contributed by atoms with Crippen molar-refractivity contribution >= 4 is 11.6 Å². The first-order valence-electron chi connectivity index (χ1n) is 7.11. The number of amides is 1. The molecule has 0 aromatic heterocycles. The van der Waals surface area contributed by atoms with Crippen LogP contribution in [0.1, 0.15) is 18.9 Å². The van der Waals surface area contributed by atoms with E-state index in [-0.39, 0.29) is 11.7 Å². The van der Waals surface area contributed by atoms with E-state index in [4.69, 9.17) is 0 Å². The first-order valence-corrected chi connectivity index (χ1v) is 7.11. The molecule has 0 aliphatic carbocycles. The quantitative estimate of drug-likeness (QED) is 0.863. The number of carbonyl (C=O) groups excluding carboxylic acids is 1. The molecule has 1 aromatic rings. The number of nitrogens with one attached hydrogen (secondary N) is 2. The summed E-state index contributed by atoms with van der Waals surface area (Å²) in [7, 11) is 0. The standard InChI is InChI=1S/C15H22FN3O/c1-3-19(13-6-7-17-9-13)10-15(20)18-14-8-12(16)5-4-11(14)2/h4-5,8,13,17H,3,6-7,9-10H2,1-2H3,(H,18,20). The van der Waals surface area contributed by atoms with Crippen LogP contribution in [0, 0.1) is 12.7 Å². The van der Waals surface area contributed by atoms with Gasteiger partial charge >= 0.3 is 0 Å². The molecule has 0 spiro atoms. The molecule has 2 rings (SSSR count). The highest BCUT2D eigenvalue weighted by molar-refractivity contribution is 5.93. The third-order valence-electron chi connectivity index (χ3n) is 3.78. The molecular formula is C15H22FN3O. The van der Waals surface area contributed by atoms with Crippen molar-refractivity contribution in [3.05, 3.63) is 29.6 Å². The number of benzene rings is 1. The summed E-state index contributed by atoms with van der Waals surface area (Å²) in [5, 5.41) is 6.10. The molecule has 0 saturated carbocycles. The molecule has 1 aliphatic heterocycles. The normalized spacial score (nSPS) is 18.5. The Morgan fingerprint density at radius 3 is 3.00 bits per heavy atom. The van der Waals surface area contributed by atoms with E-state index in [1.807, 2.05) is 6.92 Å². The van der Waals surface area contributed by atoms with E-state index in [2.05, 4.69) is 22.5 Å². The van der Waals surface area contributed by atoms with E-state index < -0.39 is 0 Å². The fourth-order valence-corrected chi connectivity index (χ4v) is 2.55. The molecule has 2 N–H and O–H groups in total. The van der Waals surface area contributed by atoms with Crippen molar-refractivity contribution in [3.8, 4) is 0 Å². The Labute approximate surface area is 119 Å². The second kappa shape index (κ2) is 6.81. The zero-order chi connectivity index (χ0) is 14.5. The van der Waals surface area contributed by atoms with Crippen LogP contribution < -0.4 is 10.6 Å². The summed E-state index contributed by atoms with van der Waals surface area (Å²) in [6, 6.07) is 4.84. The molecular weight excluding hydrogens is 257 g/mol. The van der Waals surface area contributed by atoms with Gasteiger partial charge in [0.1, 0.15) is 5.82 Å². The fraction of sp³-hybridized carbons (Fsp3) is 0.533. The maximum Gasteiger partial charge on any atom is 0.238 e. The van der Waals surface area contributed by atoms with Gasteiger partial charge in [-0.25, -0.2) is 4.39 Å². The number of aryl methyl sites for hydroxylation is 1. The molecule has 0 bridgehead atoms. The molecule has 0 radical (unpaired) electrons. The molecule has 4 nitrogen and oxygen atoms in total. The molecule has 1 aliphatic rings. The van der Waals surface area contributed by atoms with Crippen molar-refractivity contribution in [1.29, 1.82) is 0 Å². The third-order valence-corrected chi connectivity index (χ3v) is 3.78. The maximum atomic E-state index is 13.2. The highest BCUT2D eigenvalue weighted by atomic mass is 19.1. The lowest BCUT2D eigenvalue weighted by Crippen LogP contribution is -2.41. The number of hydrogen-bond donors (Lipinski definition) is 2. The van der Waals surface area contributed by atoms with Crippen molar-refractivity contribution < 1.29 is 9.18 Å². The topological polar surface area (TPSA) is 44.4 Å². The average Bonchev–Trinajstić information content (AvgIpc) is 2.94. The van der Waals surface area contributed by atoms with Crippen LogP contribution in [0.5, 0.6) is 0 Å². The van der Waals surface area contributed by atoms with Gasteiger partial charge in [0.2, 0.25) is 5.91 Å². The van der Waals surface area contributed by atoms with E-state index >= 15 is 0 Å².